The summed E-state index contributed by atoms with van der Waals surface area (Å²) in [6.45, 7) is 11.7. The van der Waals surface area contributed by atoms with Crippen LogP contribution in [0.2, 0.25) is 0 Å². The lowest BCUT2D eigenvalue weighted by atomic mass is 9.77. The van der Waals surface area contributed by atoms with Crippen LogP contribution < -0.4 is 26.6 Å². The molecule has 0 saturated carbocycles. The third-order valence-corrected chi connectivity index (χ3v) is 15.0. The number of esters is 2. The van der Waals surface area contributed by atoms with E-state index < -0.39 is 51.2 Å². The Bertz CT molecular complexity index is 2150. The number of hydrogen-bond acceptors (Lipinski definition) is 13. The van der Waals surface area contributed by atoms with E-state index in [4.69, 9.17) is 28.6 Å². The van der Waals surface area contributed by atoms with Crippen LogP contribution in [0.15, 0.2) is 72.5 Å². The van der Waals surface area contributed by atoms with Gasteiger partial charge in [-0.2, -0.15) is 4.58 Å². The molecule has 3 N–H and O–H groups in total. The van der Waals surface area contributed by atoms with E-state index in [-0.39, 0.29) is 5.91 Å². The number of carbonyl (C=O) groups excluding carboxylic acids is 3. The van der Waals surface area contributed by atoms with E-state index in [1.165, 1.54) is 28.4 Å². The first kappa shape index (κ1) is 49.5. The highest BCUT2D eigenvalue weighted by Gasteiger charge is 2.46. The molecule has 3 atom stereocenters. The van der Waals surface area contributed by atoms with Crippen molar-refractivity contribution in [2.45, 2.75) is 77.6 Å². The summed E-state index contributed by atoms with van der Waals surface area (Å²) in [5.74, 6) is -1.34. The molecule has 2 aromatic carbocycles. The number of likely N-dealkylation sites (N-methyl/N-ethyl adjacent to an activating group) is 1. The molecular weight excluding hydrogens is 822 g/mol. The molecule has 15 nitrogen and oxygen atoms in total. The molecule has 334 valence electrons. The lowest BCUT2D eigenvalue weighted by Crippen LogP contribution is -2.29. The van der Waals surface area contributed by atoms with Crippen LogP contribution in [-0.2, 0) is 61.9 Å². The third-order valence-electron chi connectivity index (χ3n) is 11.3. The summed E-state index contributed by atoms with van der Waals surface area (Å²) >= 11 is 0. The smallest absolute Gasteiger partial charge is 0.361 e. The van der Waals surface area contributed by atoms with Crippen LogP contribution in [0.5, 0.6) is 0 Å². The monoisotopic (exact) mass is 885 g/mol. The fourth-order valence-corrected chi connectivity index (χ4v) is 10.5. The van der Waals surface area contributed by atoms with E-state index in [2.05, 4.69) is 66.3 Å². The minimum Gasteiger partial charge on any atom is -0.467 e. The zero-order chi connectivity index (χ0) is 45.0. The second-order valence-electron chi connectivity index (χ2n) is 15.3. The van der Waals surface area contributed by atoms with Crippen molar-refractivity contribution >= 4 is 60.7 Å². The summed E-state index contributed by atoms with van der Waals surface area (Å²) in [5.41, 5.74) is 10.5. The summed E-state index contributed by atoms with van der Waals surface area (Å²) in [4.78, 5) is 38.2. The molecule has 0 bridgehead atoms. The Morgan fingerprint density at radius 1 is 0.820 bits per heavy atom. The van der Waals surface area contributed by atoms with Gasteiger partial charge >= 0.3 is 27.1 Å². The highest BCUT2D eigenvalue weighted by Crippen LogP contribution is 2.54. The highest BCUT2D eigenvalue weighted by atomic mass is 31.2. The molecular formula is C44H63N4O11P2+. The summed E-state index contributed by atoms with van der Waals surface area (Å²) in [5, 5.41) is 3.51. The number of nitrogens with two attached hydrogens (primary N) is 1. The maximum absolute atomic E-state index is 13.9. The van der Waals surface area contributed by atoms with Crippen LogP contribution in [0.25, 0.3) is 0 Å². The summed E-state index contributed by atoms with van der Waals surface area (Å²) < 4.78 is 60.9. The number of amides is 1. The van der Waals surface area contributed by atoms with Crippen molar-refractivity contribution in [3.8, 4) is 0 Å². The first-order chi connectivity index (χ1) is 29.0. The van der Waals surface area contributed by atoms with Gasteiger partial charge in [0.1, 0.15) is 6.54 Å². The van der Waals surface area contributed by atoms with Crippen molar-refractivity contribution in [2.75, 3.05) is 72.7 Å². The van der Waals surface area contributed by atoms with Gasteiger partial charge in [0.25, 0.3) is 0 Å². The molecule has 61 heavy (non-hydrogen) atoms. The Labute approximate surface area is 360 Å². The largest absolute Gasteiger partial charge is 0.467 e. The molecule has 3 unspecified atom stereocenters. The molecule has 0 aliphatic carbocycles. The normalized spacial score (nSPS) is 19.6. The molecule has 0 saturated heterocycles. The molecule has 0 spiro atoms. The highest BCUT2D eigenvalue weighted by molar-refractivity contribution is 7.62. The van der Waals surface area contributed by atoms with Crippen LogP contribution in [0.1, 0.15) is 77.8 Å². The van der Waals surface area contributed by atoms with Gasteiger partial charge < -0.3 is 34.5 Å². The van der Waals surface area contributed by atoms with Crippen LogP contribution in [0.3, 0.4) is 0 Å². The van der Waals surface area contributed by atoms with E-state index in [9.17, 15) is 23.5 Å². The van der Waals surface area contributed by atoms with Crippen molar-refractivity contribution in [1.82, 2.24) is 5.32 Å². The zero-order valence-electron chi connectivity index (χ0n) is 37.0. The maximum Gasteiger partial charge on any atom is 0.361 e. The van der Waals surface area contributed by atoms with Gasteiger partial charge in [-0.15, -0.1) is 0 Å². The summed E-state index contributed by atoms with van der Waals surface area (Å²) in [6.07, 6.45) is 13.7. The van der Waals surface area contributed by atoms with Gasteiger partial charge in [0, 0.05) is 74.8 Å². The lowest BCUT2D eigenvalue weighted by Gasteiger charge is -2.30. The quantitative estimate of drug-likeness (QED) is 0.0423. The Kier molecular flexibility index (Phi) is 17.6. The van der Waals surface area contributed by atoms with Gasteiger partial charge in [0.2, 0.25) is 11.6 Å². The number of anilines is 1. The van der Waals surface area contributed by atoms with Crippen molar-refractivity contribution in [3.63, 3.8) is 0 Å². The molecule has 4 rings (SSSR count). The lowest BCUT2D eigenvalue weighted by molar-refractivity contribution is -0.433. The SMILES string of the molecule is CCN1C(=CC=CC=CC2=[N+](CC)c3ccc(P(=O)(OC)OCC(=O)OC)cc3C2(C)C)C(C)(CCCCCC(=O)NCCN)c2cc(P(=O)(OC)OCC(=O)OC)ccc21. The number of carbonyl (C=O) groups is 3. The number of unbranched alkanes of at least 4 members (excludes halogenated alkanes) is 2. The predicted molar refractivity (Wildman–Crippen MR) is 238 cm³/mol. The second-order valence-corrected chi connectivity index (χ2v) is 19.6. The second kappa shape index (κ2) is 21.7. The maximum atomic E-state index is 13.9. The van der Waals surface area contributed by atoms with Crippen molar-refractivity contribution in [1.29, 1.82) is 0 Å². The van der Waals surface area contributed by atoms with E-state index in [0.717, 1.165) is 59.6 Å². The topological polar surface area (TPSA) is 185 Å². The molecule has 2 aliphatic rings. The van der Waals surface area contributed by atoms with Gasteiger partial charge in [-0.25, -0.2) is 9.59 Å². The molecule has 2 aromatic rings. The minimum atomic E-state index is -3.88. The first-order valence-electron chi connectivity index (χ1n) is 20.5. The molecule has 1 amide bonds. The fraction of sp³-hybridized carbons (Fsp3) is 0.500. The molecule has 2 heterocycles. The van der Waals surface area contributed by atoms with Gasteiger partial charge in [-0.1, -0.05) is 31.1 Å². The number of benzene rings is 2. The number of ether oxygens (including phenoxy) is 2. The number of allylic oxidation sites excluding steroid dienone is 6. The third kappa shape index (κ3) is 11.1. The van der Waals surface area contributed by atoms with Gasteiger partial charge in [0.15, 0.2) is 18.9 Å². The van der Waals surface area contributed by atoms with Gasteiger partial charge in [-0.05, 0) is 89.4 Å². The zero-order valence-corrected chi connectivity index (χ0v) is 38.8. The number of rotatable bonds is 23. The van der Waals surface area contributed by atoms with Crippen LogP contribution >= 0.6 is 15.2 Å². The Morgan fingerprint density at radius 2 is 1.43 bits per heavy atom. The molecule has 0 radical (unpaired) electrons. The van der Waals surface area contributed by atoms with Crippen molar-refractivity contribution in [3.05, 3.63) is 83.6 Å². The predicted octanol–water partition coefficient (Wildman–Crippen LogP) is 6.21. The van der Waals surface area contributed by atoms with E-state index in [1.54, 1.807) is 12.1 Å². The van der Waals surface area contributed by atoms with Crippen molar-refractivity contribution < 1.29 is 55.7 Å². The number of nitrogens with zero attached hydrogens (tertiary/aromatic N) is 2. The van der Waals surface area contributed by atoms with Crippen LogP contribution in [0.4, 0.5) is 11.4 Å². The summed E-state index contributed by atoms with van der Waals surface area (Å²) in [6, 6.07) is 10.9. The Hall–Kier alpha value is -4.20. The van der Waals surface area contributed by atoms with Gasteiger partial charge in [0.05, 0.1) is 30.2 Å². The molecule has 0 fully saturated rings. The Balaban J connectivity index is 1.66. The van der Waals surface area contributed by atoms with Crippen LogP contribution in [0, 0.1) is 0 Å². The number of hydrogen-bond donors (Lipinski definition) is 2. The molecule has 0 aromatic heterocycles. The average Bonchev–Trinajstić information content (AvgIpc) is 3.64. The van der Waals surface area contributed by atoms with Crippen molar-refractivity contribution in [2.24, 2.45) is 5.73 Å². The first-order valence-corrected chi connectivity index (χ1v) is 23.6. The van der Waals surface area contributed by atoms with E-state index >= 15 is 0 Å². The molecule has 17 heteroatoms. The average molecular weight is 886 g/mol. The molecule has 2 aliphatic heterocycles. The summed E-state index contributed by atoms with van der Waals surface area (Å²) in [7, 11) is -2.64. The van der Waals surface area contributed by atoms with Gasteiger partial charge in [-0.3, -0.25) is 23.0 Å². The Morgan fingerprint density at radius 3 is 1.98 bits per heavy atom. The number of methoxy groups -OCH3 is 2. The number of fused-ring (bicyclic) bond motifs is 2. The number of nitrogens with one attached hydrogen (secondary N) is 1. The van der Waals surface area contributed by atoms with E-state index in [1.807, 2.05) is 42.5 Å². The standard InChI is InChI=1S/C44H62N4O11P2/c1-10-47-36-23-21-32(60(52,56-8)58-30-41(50)54-6)28-34(36)43(3,4)38(47)18-14-12-15-19-39-44(5,25-17-13-16-20-40(49)46-27-26-45)35-29-33(22-24-37(35)48(39)11-2)61(53,57-9)59-31-42(51)55-7/h12,14-15,18-19,21-24,28-29H,10-11,13,16-17,20,25-27,30-31,45H2,1-9H3/p+1. The minimum absolute atomic E-state index is 0.0143. The van der Waals surface area contributed by atoms with E-state index in [0.29, 0.717) is 43.2 Å². The van der Waals surface area contributed by atoms with Crippen LogP contribution in [-0.4, -0.2) is 96.0 Å². The fourth-order valence-electron chi connectivity index (χ4n) is 7.95.